The average Bonchev–Trinajstić information content (AvgIpc) is 3.20. The highest BCUT2D eigenvalue weighted by Gasteiger charge is 2.20. The number of esters is 1. The van der Waals surface area contributed by atoms with Gasteiger partial charge in [-0.15, -0.1) is 0 Å². The highest BCUT2D eigenvalue weighted by atomic mass is 16.5. The lowest BCUT2D eigenvalue weighted by Crippen LogP contribution is -2.17. The van der Waals surface area contributed by atoms with Crippen LogP contribution < -0.4 is 9.47 Å². The van der Waals surface area contributed by atoms with Crippen molar-refractivity contribution >= 4 is 22.9 Å². The van der Waals surface area contributed by atoms with Crippen molar-refractivity contribution in [3.63, 3.8) is 0 Å². The van der Waals surface area contributed by atoms with Gasteiger partial charge in [0, 0.05) is 5.56 Å². The second-order valence-corrected chi connectivity index (χ2v) is 6.69. The maximum Gasteiger partial charge on any atom is 0.338 e. The van der Waals surface area contributed by atoms with E-state index in [1.165, 1.54) is 4.57 Å². The molecule has 0 fully saturated rings. The minimum atomic E-state index is -0.516. The number of aromatic nitrogens is 2. The topological polar surface area (TPSA) is 79.7 Å². The van der Waals surface area contributed by atoms with Crippen molar-refractivity contribution in [3.05, 3.63) is 89.7 Å². The third kappa shape index (κ3) is 4.11. The molecule has 4 rings (SSSR count). The van der Waals surface area contributed by atoms with Gasteiger partial charge in [0.05, 0.1) is 30.8 Å². The average molecular weight is 416 g/mol. The minimum absolute atomic E-state index is 0.151. The largest absolute Gasteiger partial charge is 0.497 e. The summed E-state index contributed by atoms with van der Waals surface area (Å²) in [5.74, 6) is 0.845. The van der Waals surface area contributed by atoms with E-state index in [4.69, 9.17) is 14.2 Å². The molecule has 7 nitrogen and oxygen atoms in total. The van der Waals surface area contributed by atoms with Gasteiger partial charge in [0.15, 0.2) is 5.82 Å². The standard InChI is InChI=1S/C24H20N2O5/c1-29-18-11-7-16(8-12-18)23(27)26-21-6-4-3-5-20(21)25-22(26)15-31-24(28)17-9-13-19(30-2)14-10-17/h3-14H,15H2,1-2H3. The molecule has 1 heterocycles. The lowest BCUT2D eigenvalue weighted by Gasteiger charge is -2.10. The number of nitrogens with zero attached hydrogens (tertiary/aromatic N) is 2. The van der Waals surface area contributed by atoms with Crippen LogP contribution in [-0.4, -0.2) is 35.6 Å². The molecule has 0 atom stereocenters. The number of para-hydroxylation sites is 2. The molecule has 0 radical (unpaired) electrons. The quantitative estimate of drug-likeness (QED) is 0.440. The van der Waals surface area contributed by atoms with Gasteiger partial charge in [-0.1, -0.05) is 12.1 Å². The van der Waals surface area contributed by atoms with Gasteiger partial charge in [0.1, 0.15) is 18.1 Å². The number of benzene rings is 3. The van der Waals surface area contributed by atoms with Gasteiger partial charge in [-0.05, 0) is 60.7 Å². The van der Waals surface area contributed by atoms with E-state index >= 15 is 0 Å². The Hall–Kier alpha value is -4.13. The summed E-state index contributed by atoms with van der Waals surface area (Å²) in [6.45, 7) is -0.151. The Kier molecular flexibility index (Phi) is 5.66. The van der Waals surface area contributed by atoms with Crippen LogP contribution in [0.4, 0.5) is 0 Å². The van der Waals surface area contributed by atoms with Crippen LogP contribution in [0.3, 0.4) is 0 Å². The third-order valence-electron chi connectivity index (χ3n) is 4.83. The summed E-state index contributed by atoms with van der Waals surface area (Å²) >= 11 is 0. The summed E-state index contributed by atoms with van der Waals surface area (Å²) in [4.78, 5) is 30.2. The van der Waals surface area contributed by atoms with Crippen LogP contribution in [0, 0.1) is 0 Å². The first-order chi connectivity index (χ1) is 15.1. The Morgan fingerprint density at radius 1 is 0.806 bits per heavy atom. The Balaban J connectivity index is 1.62. The van der Waals surface area contributed by atoms with Crippen LogP contribution in [0.25, 0.3) is 11.0 Å². The molecule has 156 valence electrons. The van der Waals surface area contributed by atoms with E-state index in [0.717, 1.165) is 0 Å². The fraction of sp³-hybridized carbons (Fsp3) is 0.125. The predicted molar refractivity (Wildman–Crippen MR) is 115 cm³/mol. The number of methoxy groups -OCH3 is 2. The number of hydrogen-bond acceptors (Lipinski definition) is 6. The Morgan fingerprint density at radius 2 is 1.39 bits per heavy atom. The summed E-state index contributed by atoms with van der Waals surface area (Å²) in [5.41, 5.74) is 2.12. The molecule has 0 aliphatic heterocycles. The van der Waals surface area contributed by atoms with E-state index in [9.17, 15) is 9.59 Å². The summed E-state index contributed by atoms with van der Waals surface area (Å²) in [6.07, 6.45) is 0. The van der Waals surface area contributed by atoms with Gasteiger partial charge < -0.3 is 14.2 Å². The van der Waals surface area contributed by atoms with Gasteiger partial charge in [-0.2, -0.15) is 0 Å². The minimum Gasteiger partial charge on any atom is -0.497 e. The number of carbonyl (C=O) groups is 2. The number of imidazole rings is 1. The zero-order valence-electron chi connectivity index (χ0n) is 17.1. The molecular formula is C24H20N2O5. The summed E-state index contributed by atoms with van der Waals surface area (Å²) in [6, 6.07) is 20.7. The normalized spacial score (nSPS) is 10.6. The molecule has 0 aliphatic rings. The molecule has 0 amide bonds. The number of fused-ring (bicyclic) bond motifs is 1. The zero-order chi connectivity index (χ0) is 21.8. The highest BCUT2D eigenvalue weighted by molar-refractivity contribution is 6.01. The second-order valence-electron chi connectivity index (χ2n) is 6.69. The van der Waals surface area contributed by atoms with Gasteiger partial charge in [0.25, 0.3) is 5.91 Å². The van der Waals surface area contributed by atoms with E-state index in [-0.39, 0.29) is 12.5 Å². The Bertz CT molecular complexity index is 1230. The Labute approximate surface area is 178 Å². The molecule has 0 N–H and O–H groups in total. The molecule has 0 bridgehead atoms. The third-order valence-corrected chi connectivity index (χ3v) is 4.83. The first-order valence-corrected chi connectivity index (χ1v) is 9.57. The molecule has 0 aliphatic carbocycles. The highest BCUT2D eigenvalue weighted by Crippen LogP contribution is 2.21. The van der Waals surface area contributed by atoms with Crippen LogP contribution in [0.1, 0.15) is 26.5 Å². The molecule has 0 saturated carbocycles. The molecule has 31 heavy (non-hydrogen) atoms. The number of rotatable bonds is 6. The van der Waals surface area contributed by atoms with E-state index in [1.807, 2.05) is 18.2 Å². The van der Waals surface area contributed by atoms with Crippen molar-refractivity contribution < 1.29 is 23.8 Å². The first kappa shape index (κ1) is 20.2. The molecule has 0 spiro atoms. The van der Waals surface area contributed by atoms with E-state index < -0.39 is 5.97 Å². The summed E-state index contributed by atoms with van der Waals surface area (Å²) in [5, 5.41) is 0. The first-order valence-electron chi connectivity index (χ1n) is 9.57. The fourth-order valence-electron chi connectivity index (χ4n) is 3.20. The Morgan fingerprint density at radius 3 is 2.00 bits per heavy atom. The van der Waals surface area contributed by atoms with Gasteiger partial charge >= 0.3 is 5.97 Å². The van der Waals surface area contributed by atoms with E-state index in [2.05, 4.69) is 4.98 Å². The van der Waals surface area contributed by atoms with Crippen LogP contribution in [0.5, 0.6) is 11.5 Å². The molecule has 4 aromatic rings. The smallest absolute Gasteiger partial charge is 0.338 e. The fourth-order valence-corrected chi connectivity index (χ4v) is 3.20. The number of carbonyl (C=O) groups excluding carboxylic acids is 2. The van der Waals surface area contributed by atoms with Crippen molar-refractivity contribution in [1.82, 2.24) is 9.55 Å². The summed E-state index contributed by atoms with van der Waals surface area (Å²) < 4.78 is 17.2. The zero-order valence-corrected chi connectivity index (χ0v) is 17.1. The van der Waals surface area contributed by atoms with Gasteiger partial charge in [-0.25, -0.2) is 9.78 Å². The molecule has 3 aromatic carbocycles. The van der Waals surface area contributed by atoms with Crippen molar-refractivity contribution in [2.75, 3.05) is 14.2 Å². The van der Waals surface area contributed by atoms with Crippen molar-refractivity contribution in [2.45, 2.75) is 6.61 Å². The monoisotopic (exact) mass is 416 g/mol. The van der Waals surface area contributed by atoms with Gasteiger partial charge in [-0.3, -0.25) is 9.36 Å². The van der Waals surface area contributed by atoms with Crippen LogP contribution in [0.15, 0.2) is 72.8 Å². The number of hydrogen-bond donors (Lipinski definition) is 0. The van der Waals surface area contributed by atoms with E-state index in [1.54, 1.807) is 68.8 Å². The van der Waals surface area contributed by atoms with Crippen molar-refractivity contribution in [2.24, 2.45) is 0 Å². The van der Waals surface area contributed by atoms with Crippen LogP contribution >= 0.6 is 0 Å². The lowest BCUT2D eigenvalue weighted by molar-refractivity contribution is 0.0456. The molecule has 0 unspecified atom stereocenters. The van der Waals surface area contributed by atoms with Crippen LogP contribution in [0.2, 0.25) is 0 Å². The SMILES string of the molecule is COc1ccc(C(=O)OCc2nc3ccccc3n2C(=O)c2ccc(OC)cc2)cc1. The molecular weight excluding hydrogens is 396 g/mol. The summed E-state index contributed by atoms with van der Waals surface area (Å²) in [7, 11) is 3.12. The lowest BCUT2D eigenvalue weighted by atomic mass is 10.2. The maximum atomic E-state index is 13.3. The van der Waals surface area contributed by atoms with Gasteiger partial charge in [0.2, 0.25) is 0 Å². The van der Waals surface area contributed by atoms with Crippen LogP contribution in [-0.2, 0) is 11.3 Å². The molecule has 1 aromatic heterocycles. The predicted octanol–water partition coefficient (Wildman–Crippen LogP) is 4.10. The number of ether oxygens (including phenoxy) is 3. The maximum absolute atomic E-state index is 13.3. The second kappa shape index (κ2) is 8.71. The van der Waals surface area contributed by atoms with Crippen molar-refractivity contribution in [3.8, 4) is 11.5 Å². The van der Waals surface area contributed by atoms with Crippen molar-refractivity contribution in [1.29, 1.82) is 0 Å². The molecule has 7 heteroatoms. The molecule has 0 saturated heterocycles. The van der Waals surface area contributed by atoms with E-state index in [0.29, 0.717) is 39.5 Å².